The molecule has 1 fully saturated rings. The molecule has 31 heavy (non-hydrogen) atoms. The Morgan fingerprint density at radius 3 is 2.58 bits per heavy atom. The number of aliphatic imine (C=N–C) groups is 1. The molecule has 0 aliphatic carbocycles. The van der Waals surface area contributed by atoms with Gasteiger partial charge in [-0.3, -0.25) is 4.99 Å². The van der Waals surface area contributed by atoms with Crippen LogP contribution in [-0.4, -0.2) is 71.2 Å². The minimum Gasteiger partial charge on any atom is -0.497 e. The number of ether oxygens (including phenoxy) is 4. The van der Waals surface area contributed by atoms with E-state index in [1.807, 2.05) is 12.1 Å². The number of aromatic nitrogens is 1. The van der Waals surface area contributed by atoms with Crippen molar-refractivity contribution in [2.45, 2.75) is 38.2 Å². The minimum absolute atomic E-state index is 0.358. The molecule has 172 valence electrons. The molecule has 0 spiro atoms. The van der Waals surface area contributed by atoms with Gasteiger partial charge in [-0.15, -0.1) is 0 Å². The molecule has 2 aromatic rings. The number of hydrogen-bond acceptors (Lipinski definition) is 5. The topological polar surface area (TPSA) is 89.1 Å². The van der Waals surface area contributed by atoms with E-state index < -0.39 is 0 Å². The lowest BCUT2D eigenvalue weighted by Gasteiger charge is -2.22. The molecule has 2 heterocycles. The summed E-state index contributed by atoms with van der Waals surface area (Å²) in [6.07, 6.45) is 5.25. The number of guanidine groups is 1. The molecular weight excluding hydrogens is 396 g/mol. The third kappa shape index (κ3) is 7.04. The summed E-state index contributed by atoms with van der Waals surface area (Å²) in [5.41, 5.74) is 2.20. The Labute approximate surface area is 184 Å². The molecule has 0 unspecified atom stereocenters. The summed E-state index contributed by atoms with van der Waals surface area (Å²) in [4.78, 5) is 7.76. The van der Waals surface area contributed by atoms with E-state index in [9.17, 15) is 0 Å². The standard InChI is InChI=1S/C23H36N4O4/c1-24-23(26-10-5-11-31-18-7-12-30-13-8-18)25-9-4-6-17-14-20-21(27-17)15-19(28-2)16-22(20)29-3/h14-16,18,27H,4-13H2,1-3H3,(H2,24,25,26). The lowest BCUT2D eigenvalue weighted by Crippen LogP contribution is -2.38. The van der Waals surface area contributed by atoms with E-state index in [4.69, 9.17) is 18.9 Å². The molecule has 0 amide bonds. The third-order valence-electron chi connectivity index (χ3n) is 5.46. The Hall–Kier alpha value is -2.45. The van der Waals surface area contributed by atoms with Gasteiger partial charge in [0.2, 0.25) is 0 Å². The minimum atomic E-state index is 0.358. The Kier molecular flexibility index (Phi) is 9.30. The number of hydrogen-bond donors (Lipinski definition) is 3. The number of methoxy groups -OCH3 is 2. The zero-order chi connectivity index (χ0) is 21.9. The van der Waals surface area contributed by atoms with Gasteiger partial charge in [0.15, 0.2) is 5.96 Å². The van der Waals surface area contributed by atoms with Gasteiger partial charge in [0.1, 0.15) is 11.5 Å². The van der Waals surface area contributed by atoms with Crippen LogP contribution in [0.15, 0.2) is 23.2 Å². The second kappa shape index (κ2) is 12.4. The Morgan fingerprint density at radius 1 is 1.10 bits per heavy atom. The molecule has 8 nitrogen and oxygen atoms in total. The van der Waals surface area contributed by atoms with Crippen LogP contribution in [0.4, 0.5) is 0 Å². The van der Waals surface area contributed by atoms with Gasteiger partial charge in [-0.2, -0.15) is 0 Å². The predicted octanol–water partition coefficient (Wildman–Crippen LogP) is 2.87. The van der Waals surface area contributed by atoms with Crippen LogP contribution in [0.3, 0.4) is 0 Å². The quantitative estimate of drug-likeness (QED) is 0.287. The molecule has 0 radical (unpaired) electrons. The zero-order valence-electron chi connectivity index (χ0n) is 19.0. The van der Waals surface area contributed by atoms with Crippen molar-refractivity contribution in [3.8, 4) is 11.5 Å². The van der Waals surface area contributed by atoms with Crippen LogP contribution in [-0.2, 0) is 15.9 Å². The molecule has 1 aromatic heterocycles. The highest BCUT2D eigenvalue weighted by Crippen LogP contribution is 2.31. The first-order valence-corrected chi connectivity index (χ1v) is 11.1. The van der Waals surface area contributed by atoms with Crippen molar-refractivity contribution in [1.82, 2.24) is 15.6 Å². The average Bonchev–Trinajstić information content (AvgIpc) is 3.23. The number of H-pyrrole nitrogens is 1. The molecule has 0 atom stereocenters. The monoisotopic (exact) mass is 432 g/mol. The number of aromatic amines is 1. The van der Waals surface area contributed by atoms with Crippen molar-refractivity contribution in [3.63, 3.8) is 0 Å². The van der Waals surface area contributed by atoms with Gasteiger partial charge in [0.05, 0.1) is 25.8 Å². The first kappa shape index (κ1) is 23.2. The molecule has 0 saturated carbocycles. The predicted molar refractivity (Wildman–Crippen MR) is 123 cm³/mol. The zero-order valence-corrected chi connectivity index (χ0v) is 19.0. The van der Waals surface area contributed by atoms with Gasteiger partial charge in [0.25, 0.3) is 0 Å². The summed E-state index contributed by atoms with van der Waals surface area (Å²) in [7, 11) is 5.14. The fraction of sp³-hybridized carbons (Fsp3) is 0.609. The van der Waals surface area contributed by atoms with Crippen molar-refractivity contribution in [3.05, 3.63) is 23.9 Å². The second-order valence-electron chi connectivity index (χ2n) is 7.65. The Bertz CT molecular complexity index is 830. The molecule has 1 aliphatic heterocycles. The summed E-state index contributed by atoms with van der Waals surface area (Å²) in [5, 5.41) is 7.80. The molecule has 1 aromatic carbocycles. The first-order chi connectivity index (χ1) is 15.2. The van der Waals surface area contributed by atoms with E-state index >= 15 is 0 Å². The van der Waals surface area contributed by atoms with Gasteiger partial charge in [-0.05, 0) is 38.2 Å². The van der Waals surface area contributed by atoms with E-state index in [1.54, 1.807) is 21.3 Å². The maximum absolute atomic E-state index is 5.90. The average molecular weight is 433 g/mol. The lowest BCUT2D eigenvalue weighted by atomic mass is 10.1. The van der Waals surface area contributed by atoms with Crippen molar-refractivity contribution in [2.24, 2.45) is 4.99 Å². The third-order valence-corrected chi connectivity index (χ3v) is 5.46. The molecule has 1 saturated heterocycles. The summed E-state index contributed by atoms with van der Waals surface area (Å²) < 4.78 is 22.1. The Morgan fingerprint density at radius 2 is 1.87 bits per heavy atom. The van der Waals surface area contributed by atoms with Crippen LogP contribution in [0, 0.1) is 0 Å². The van der Waals surface area contributed by atoms with Crippen LogP contribution >= 0.6 is 0 Å². The molecule has 0 bridgehead atoms. The lowest BCUT2D eigenvalue weighted by molar-refractivity contribution is -0.0320. The molecule has 8 heteroatoms. The van der Waals surface area contributed by atoms with E-state index in [0.717, 1.165) is 93.4 Å². The largest absolute Gasteiger partial charge is 0.497 e. The number of aryl methyl sites for hydroxylation is 1. The molecular formula is C23H36N4O4. The maximum atomic E-state index is 5.90. The fourth-order valence-electron chi connectivity index (χ4n) is 3.74. The molecule has 3 N–H and O–H groups in total. The number of nitrogens with zero attached hydrogens (tertiary/aromatic N) is 1. The fourth-order valence-corrected chi connectivity index (χ4v) is 3.74. The highest BCUT2D eigenvalue weighted by Gasteiger charge is 2.13. The van der Waals surface area contributed by atoms with Crippen molar-refractivity contribution in [1.29, 1.82) is 0 Å². The van der Waals surface area contributed by atoms with Crippen LogP contribution in [0.2, 0.25) is 0 Å². The number of benzene rings is 1. The summed E-state index contributed by atoms with van der Waals surface area (Å²) in [6, 6.07) is 6.06. The van der Waals surface area contributed by atoms with E-state index in [0.29, 0.717) is 6.10 Å². The molecule has 1 aliphatic rings. The van der Waals surface area contributed by atoms with Gasteiger partial charge in [-0.1, -0.05) is 0 Å². The van der Waals surface area contributed by atoms with E-state index in [1.165, 1.54) is 5.69 Å². The SMILES string of the molecule is CN=C(NCCCOC1CCOCC1)NCCCc1cc2c(OC)cc(OC)cc2[nH]1. The second-order valence-corrected chi connectivity index (χ2v) is 7.65. The molecule has 3 rings (SSSR count). The van der Waals surface area contributed by atoms with Gasteiger partial charge in [-0.25, -0.2) is 0 Å². The van der Waals surface area contributed by atoms with Gasteiger partial charge in [0, 0.05) is 63.2 Å². The Balaban J connectivity index is 1.34. The smallest absolute Gasteiger partial charge is 0.190 e. The van der Waals surface area contributed by atoms with Crippen LogP contribution in [0.25, 0.3) is 10.9 Å². The van der Waals surface area contributed by atoms with Gasteiger partial charge >= 0.3 is 0 Å². The van der Waals surface area contributed by atoms with Crippen LogP contribution in [0.5, 0.6) is 11.5 Å². The van der Waals surface area contributed by atoms with Gasteiger partial charge < -0.3 is 34.6 Å². The summed E-state index contributed by atoms with van der Waals surface area (Å²) >= 11 is 0. The summed E-state index contributed by atoms with van der Waals surface area (Å²) in [5.74, 6) is 2.43. The summed E-state index contributed by atoms with van der Waals surface area (Å²) in [6.45, 7) is 4.09. The van der Waals surface area contributed by atoms with Crippen LogP contribution in [0.1, 0.15) is 31.4 Å². The van der Waals surface area contributed by atoms with Crippen molar-refractivity contribution < 1.29 is 18.9 Å². The highest BCUT2D eigenvalue weighted by atomic mass is 16.5. The highest BCUT2D eigenvalue weighted by molar-refractivity contribution is 5.88. The van der Waals surface area contributed by atoms with E-state index in [-0.39, 0.29) is 0 Å². The van der Waals surface area contributed by atoms with E-state index in [2.05, 4.69) is 26.7 Å². The van der Waals surface area contributed by atoms with Crippen LogP contribution < -0.4 is 20.1 Å². The number of nitrogens with one attached hydrogen (secondary N) is 3. The first-order valence-electron chi connectivity index (χ1n) is 11.1. The maximum Gasteiger partial charge on any atom is 0.190 e. The normalized spacial score (nSPS) is 15.3. The number of rotatable bonds is 11. The number of fused-ring (bicyclic) bond motifs is 1. The van der Waals surface area contributed by atoms with Crippen molar-refractivity contribution in [2.75, 3.05) is 54.2 Å². The van der Waals surface area contributed by atoms with Crippen molar-refractivity contribution >= 4 is 16.9 Å².